The molecule has 0 amide bonds. The molecule has 0 saturated heterocycles. The van der Waals surface area contributed by atoms with E-state index < -0.39 is 11.9 Å². The van der Waals surface area contributed by atoms with Crippen LogP contribution in [0.4, 0.5) is 0 Å². The van der Waals surface area contributed by atoms with Crippen molar-refractivity contribution in [2.75, 3.05) is 0 Å². The summed E-state index contributed by atoms with van der Waals surface area (Å²) < 4.78 is 10.7. The van der Waals surface area contributed by atoms with E-state index in [2.05, 4.69) is 6.92 Å². The number of rotatable bonds is 7. The molecule has 0 atom stereocenters. The fourth-order valence-corrected chi connectivity index (χ4v) is 2.78. The first-order valence-electron chi connectivity index (χ1n) is 9.72. The molecule has 0 fully saturated rings. The van der Waals surface area contributed by atoms with Crippen LogP contribution in [0, 0.1) is 11.3 Å². The molecule has 30 heavy (non-hydrogen) atoms. The number of esters is 2. The van der Waals surface area contributed by atoms with Gasteiger partial charge in [-0.2, -0.15) is 5.26 Å². The molecular formula is C25H21NO4. The van der Waals surface area contributed by atoms with Crippen LogP contribution in [0.25, 0.3) is 0 Å². The Bertz CT molecular complexity index is 1050. The fourth-order valence-electron chi connectivity index (χ4n) is 2.78. The number of benzene rings is 3. The van der Waals surface area contributed by atoms with Crippen LogP contribution in [0.3, 0.4) is 0 Å². The Labute approximate surface area is 175 Å². The van der Waals surface area contributed by atoms with Crippen molar-refractivity contribution >= 4 is 11.9 Å². The van der Waals surface area contributed by atoms with Crippen LogP contribution >= 0.6 is 0 Å². The molecule has 0 bridgehead atoms. The number of hydrogen-bond donors (Lipinski definition) is 0. The first-order chi connectivity index (χ1) is 14.6. The zero-order valence-corrected chi connectivity index (χ0v) is 16.6. The number of nitrogens with zero attached hydrogens (tertiary/aromatic N) is 1. The second-order valence-corrected chi connectivity index (χ2v) is 6.74. The van der Waals surface area contributed by atoms with E-state index in [1.54, 1.807) is 48.5 Å². The molecule has 3 aromatic rings. The molecule has 0 heterocycles. The molecule has 0 aliphatic rings. The molecule has 0 aromatic heterocycles. The number of ether oxygens (including phenoxy) is 2. The Hall–Kier alpha value is -3.91. The van der Waals surface area contributed by atoms with Gasteiger partial charge in [0.2, 0.25) is 0 Å². The molecule has 0 aliphatic carbocycles. The van der Waals surface area contributed by atoms with E-state index in [1.807, 2.05) is 18.2 Å². The maximum Gasteiger partial charge on any atom is 0.343 e. The summed E-state index contributed by atoms with van der Waals surface area (Å²) in [7, 11) is 0. The Balaban J connectivity index is 1.58. The summed E-state index contributed by atoms with van der Waals surface area (Å²) in [6.45, 7) is 2.14. The van der Waals surface area contributed by atoms with Crippen LogP contribution in [0.2, 0.25) is 0 Å². The van der Waals surface area contributed by atoms with Crippen LogP contribution in [-0.2, 0) is 6.42 Å². The lowest BCUT2D eigenvalue weighted by Gasteiger charge is -2.07. The quantitative estimate of drug-likeness (QED) is 0.396. The summed E-state index contributed by atoms with van der Waals surface area (Å²) in [4.78, 5) is 24.6. The van der Waals surface area contributed by atoms with Gasteiger partial charge in [0, 0.05) is 0 Å². The third-order valence-corrected chi connectivity index (χ3v) is 4.50. The zero-order chi connectivity index (χ0) is 21.3. The van der Waals surface area contributed by atoms with Crippen molar-refractivity contribution < 1.29 is 19.1 Å². The zero-order valence-electron chi connectivity index (χ0n) is 16.6. The van der Waals surface area contributed by atoms with E-state index >= 15 is 0 Å². The van der Waals surface area contributed by atoms with E-state index in [0.717, 1.165) is 19.3 Å². The first-order valence-corrected chi connectivity index (χ1v) is 9.72. The number of unbranched alkanes of at least 4 members (excludes halogenated alkanes) is 1. The van der Waals surface area contributed by atoms with Gasteiger partial charge in [-0.15, -0.1) is 0 Å². The second-order valence-electron chi connectivity index (χ2n) is 6.74. The minimum absolute atomic E-state index is 0.319. The standard InChI is InChI=1S/C25H21NO4/c1-2-3-4-18-5-9-20(10-6-18)24(27)30-23-15-11-21(12-16-23)25(28)29-22-13-7-19(17-26)8-14-22/h5-16H,2-4H2,1H3. The predicted molar refractivity (Wildman–Crippen MR) is 113 cm³/mol. The number of hydrogen-bond acceptors (Lipinski definition) is 5. The monoisotopic (exact) mass is 399 g/mol. The van der Waals surface area contributed by atoms with Gasteiger partial charge >= 0.3 is 11.9 Å². The van der Waals surface area contributed by atoms with Crippen molar-refractivity contribution in [1.82, 2.24) is 0 Å². The van der Waals surface area contributed by atoms with E-state index in [1.165, 1.54) is 17.7 Å². The molecule has 0 unspecified atom stereocenters. The van der Waals surface area contributed by atoms with Crippen LogP contribution in [0.1, 0.15) is 51.6 Å². The van der Waals surface area contributed by atoms with Crippen molar-refractivity contribution in [3.05, 3.63) is 95.1 Å². The lowest BCUT2D eigenvalue weighted by molar-refractivity contribution is 0.0730. The number of nitriles is 1. The van der Waals surface area contributed by atoms with Gasteiger partial charge in [0.05, 0.1) is 22.8 Å². The molecule has 0 radical (unpaired) electrons. The van der Waals surface area contributed by atoms with Gasteiger partial charge in [0.25, 0.3) is 0 Å². The Morgan fingerprint density at radius 2 is 1.23 bits per heavy atom. The summed E-state index contributed by atoms with van der Waals surface area (Å²) in [6.07, 6.45) is 3.23. The number of carbonyl (C=O) groups excluding carboxylic acids is 2. The van der Waals surface area contributed by atoms with E-state index in [4.69, 9.17) is 14.7 Å². The summed E-state index contributed by atoms with van der Waals surface area (Å²) in [5, 5.41) is 8.80. The van der Waals surface area contributed by atoms with Crippen molar-refractivity contribution in [2.24, 2.45) is 0 Å². The number of carbonyl (C=O) groups is 2. The maximum absolute atomic E-state index is 12.3. The largest absolute Gasteiger partial charge is 0.423 e. The smallest absolute Gasteiger partial charge is 0.343 e. The maximum atomic E-state index is 12.3. The lowest BCUT2D eigenvalue weighted by atomic mass is 10.1. The Morgan fingerprint density at radius 3 is 1.70 bits per heavy atom. The first kappa shape index (κ1) is 20.8. The minimum atomic E-state index is -0.541. The molecule has 0 spiro atoms. The van der Waals surface area contributed by atoms with Crippen LogP contribution < -0.4 is 9.47 Å². The molecule has 5 heteroatoms. The lowest BCUT2D eigenvalue weighted by Crippen LogP contribution is -2.10. The topological polar surface area (TPSA) is 76.4 Å². The molecule has 0 N–H and O–H groups in total. The van der Waals surface area contributed by atoms with E-state index in [9.17, 15) is 9.59 Å². The third-order valence-electron chi connectivity index (χ3n) is 4.50. The molecular weight excluding hydrogens is 378 g/mol. The van der Waals surface area contributed by atoms with Gasteiger partial charge in [-0.3, -0.25) is 0 Å². The van der Waals surface area contributed by atoms with Gasteiger partial charge in [0.1, 0.15) is 11.5 Å². The van der Waals surface area contributed by atoms with Crippen molar-refractivity contribution in [2.45, 2.75) is 26.2 Å². The second kappa shape index (κ2) is 10.0. The normalized spacial score (nSPS) is 10.1. The van der Waals surface area contributed by atoms with Crippen molar-refractivity contribution in [3.8, 4) is 17.6 Å². The molecule has 0 aliphatic heterocycles. The Kier molecular flexibility index (Phi) is 6.96. The fraction of sp³-hybridized carbons (Fsp3) is 0.160. The molecule has 3 rings (SSSR count). The summed E-state index contributed by atoms with van der Waals surface area (Å²) in [6, 6.07) is 21.8. The van der Waals surface area contributed by atoms with Crippen molar-refractivity contribution in [3.63, 3.8) is 0 Å². The van der Waals surface area contributed by atoms with Crippen LogP contribution in [0.5, 0.6) is 11.5 Å². The van der Waals surface area contributed by atoms with Crippen molar-refractivity contribution in [1.29, 1.82) is 5.26 Å². The van der Waals surface area contributed by atoms with Gasteiger partial charge in [0.15, 0.2) is 0 Å². The number of aryl methyl sites for hydroxylation is 1. The van der Waals surface area contributed by atoms with Crippen LogP contribution in [0.15, 0.2) is 72.8 Å². The predicted octanol–water partition coefficient (Wildman–Crippen LogP) is 5.34. The summed E-state index contributed by atoms with van der Waals surface area (Å²) in [5.41, 5.74) is 2.47. The Morgan fingerprint density at radius 1 is 0.767 bits per heavy atom. The molecule has 0 saturated carbocycles. The van der Waals surface area contributed by atoms with E-state index in [0.29, 0.717) is 28.2 Å². The SMILES string of the molecule is CCCCc1ccc(C(=O)Oc2ccc(C(=O)Oc3ccc(C#N)cc3)cc2)cc1. The molecule has 150 valence electrons. The van der Waals surface area contributed by atoms with Gasteiger partial charge < -0.3 is 9.47 Å². The third kappa shape index (κ3) is 5.55. The molecule has 3 aromatic carbocycles. The summed E-state index contributed by atoms with van der Waals surface area (Å²) >= 11 is 0. The highest BCUT2D eigenvalue weighted by Crippen LogP contribution is 2.18. The van der Waals surface area contributed by atoms with Gasteiger partial charge in [-0.25, -0.2) is 9.59 Å². The molecule has 5 nitrogen and oxygen atoms in total. The van der Waals surface area contributed by atoms with Gasteiger partial charge in [-0.05, 0) is 79.1 Å². The van der Waals surface area contributed by atoms with Crippen LogP contribution in [-0.4, -0.2) is 11.9 Å². The van der Waals surface area contributed by atoms with Gasteiger partial charge in [-0.1, -0.05) is 25.5 Å². The highest BCUT2D eigenvalue weighted by atomic mass is 16.5. The van der Waals surface area contributed by atoms with E-state index in [-0.39, 0.29) is 0 Å². The minimum Gasteiger partial charge on any atom is -0.423 e. The average molecular weight is 399 g/mol. The highest BCUT2D eigenvalue weighted by Gasteiger charge is 2.12. The average Bonchev–Trinajstić information content (AvgIpc) is 2.79. The highest BCUT2D eigenvalue weighted by molar-refractivity contribution is 5.92. The summed E-state index contributed by atoms with van der Waals surface area (Å²) in [5.74, 6) is -0.313.